The molecule has 11 heteroatoms. The maximum atomic E-state index is 13.8. The van der Waals surface area contributed by atoms with Crippen LogP contribution in [0.2, 0.25) is 0 Å². The summed E-state index contributed by atoms with van der Waals surface area (Å²) in [6, 6.07) is 10.9. The van der Waals surface area contributed by atoms with Gasteiger partial charge in [-0.1, -0.05) is 19.9 Å². The molecule has 4 rings (SSSR count). The van der Waals surface area contributed by atoms with Crippen LogP contribution >= 0.6 is 0 Å². The molecule has 10 nitrogen and oxygen atoms in total. The summed E-state index contributed by atoms with van der Waals surface area (Å²) in [4.78, 5) is 58.8. The zero-order valence-corrected chi connectivity index (χ0v) is 25.7. The number of fused-ring (bicyclic) bond motifs is 1. The van der Waals surface area contributed by atoms with Crippen molar-refractivity contribution in [3.05, 3.63) is 59.7 Å². The quantitative estimate of drug-likeness (QED) is 0.447. The molecular weight excluding hydrogens is 556 g/mol. The van der Waals surface area contributed by atoms with Gasteiger partial charge >= 0.3 is 0 Å². The average Bonchev–Trinajstić information content (AvgIpc) is 3.53. The zero-order valence-electron chi connectivity index (χ0n) is 24.9. The predicted molar refractivity (Wildman–Crippen MR) is 160 cm³/mol. The van der Waals surface area contributed by atoms with Crippen molar-refractivity contribution >= 4 is 39.0 Å². The number of likely N-dealkylation sites (tertiary alicyclic amines) is 2. The highest BCUT2D eigenvalue weighted by Crippen LogP contribution is 2.32. The Bertz CT molecular complexity index is 1450. The molecule has 1 N–H and O–H groups in total. The molecule has 0 aliphatic carbocycles. The second-order valence-corrected chi connectivity index (χ2v) is 13.4. The molecule has 3 amide bonds. The summed E-state index contributed by atoms with van der Waals surface area (Å²) in [6.45, 7) is 9.86. The number of carbonyl (C=O) groups excluding carboxylic acids is 4. The molecule has 2 unspecified atom stereocenters. The Balaban J connectivity index is 1.50. The van der Waals surface area contributed by atoms with E-state index in [0.29, 0.717) is 18.4 Å². The summed E-state index contributed by atoms with van der Waals surface area (Å²) in [6.07, 6.45) is 1.88. The summed E-state index contributed by atoms with van der Waals surface area (Å²) in [5, 5.41) is 2.90. The molecule has 226 valence electrons. The fourth-order valence-electron chi connectivity index (χ4n) is 5.91. The Hall–Kier alpha value is -3.73. The Labute approximate surface area is 248 Å². The van der Waals surface area contributed by atoms with Gasteiger partial charge in [-0.15, -0.1) is 0 Å². The molecule has 0 aromatic heterocycles. The highest BCUT2D eigenvalue weighted by atomic mass is 32.2. The first-order valence-corrected chi connectivity index (χ1v) is 16.3. The molecule has 2 aromatic rings. The number of hydrogen-bond acceptors (Lipinski definition) is 7. The lowest BCUT2D eigenvalue weighted by atomic mass is 10.0. The molecule has 0 radical (unpaired) electrons. The summed E-state index contributed by atoms with van der Waals surface area (Å²) >= 11 is 0. The smallest absolute Gasteiger partial charge is 0.254 e. The average molecular weight is 597 g/mol. The van der Waals surface area contributed by atoms with Gasteiger partial charge in [0, 0.05) is 42.7 Å². The predicted octanol–water partition coefficient (Wildman–Crippen LogP) is 2.78. The fraction of sp³-hybridized carbons (Fsp3) is 0.484. The molecule has 3 atom stereocenters. The van der Waals surface area contributed by atoms with Crippen molar-refractivity contribution in [2.45, 2.75) is 63.6 Å². The zero-order chi connectivity index (χ0) is 30.8. The number of carbonyl (C=O) groups is 4. The maximum absolute atomic E-state index is 13.8. The van der Waals surface area contributed by atoms with Gasteiger partial charge in [0.15, 0.2) is 15.6 Å². The van der Waals surface area contributed by atoms with Crippen molar-refractivity contribution in [3.8, 4) is 0 Å². The first kappa shape index (κ1) is 31.2. The van der Waals surface area contributed by atoms with Crippen molar-refractivity contribution < 1.29 is 27.6 Å². The van der Waals surface area contributed by atoms with E-state index >= 15 is 0 Å². The first-order valence-electron chi connectivity index (χ1n) is 14.5. The van der Waals surface area contributed by atoms with Crippen molar-refractivity contribution in [2.24, 2.45) is 5.92 Å². The highest BCUT2D eigenvalue weighted by Gasteiger charge is 2.52. The van der Waals surface area contributed by atoms with Crippen LogP contribution in [0.3, 0.4) is 0 Å². The molecule has 2 heterocycles. The van der Waals surface area contributed by atoms with Crippen LogP contribution in [0.5, 0.6) is 0 Å². The first-order chi connectivity index (χ1) is 19.8. The van der Waals surface area contributed by atoms with E-state index in [1.54, 1.807) is 12.1 Å². The number of hydrogen-bond donors (Lipinski definition) is 1. The topological polar surface area (TPSA) is 124 Å². The van der Waals surface area contributed by atoms with E-state index in [1.807, 2.05) is 26.0 Å². The van der Waals surface area contributed by atoms with Crippen molar-refractivity contribution in [2.75, 3.05) is 37.3 Å². The lowest BCUT2D eigenvalue weighted by Gasteiger charge is -2.29. The molecule has 0 spiro atoms. The van der Waals surface area contributed by atoms with Crippen LogP contribution in [0, 0.1) is 5.92 Å². The monoisotopic (exact) mass is 596 g/mol. The third-order valence-corrected chi connectivity index (χ3v) is 9.15. The summed E-state index contributed by atoms with van der Waals surface area (Å²) in [5.41, 5.74) is 1.63. The van der Waals surface area contributed by atoms with E-state index in [9.17, 15) is 27.6 Å². The van der Waals surface area contributed by atoms with E-state index in [2.05, 4.69) is 24.1 Å². The van der Waals surface area contributed by atoms with E-state index in [-0.39, 0.29) is 47.1 Å². The Morgan fingerprint density at radius 3 is 2.26 bits per heavy atom. The minimum Gasteiger partial charge on any atom is -0.372 e. The van der Waals surface area contributed by atoms with Gasteiger partial charge in [-0.3, -0.25) is 19.2 Å². The fourth-order valence-corrected chi connectivity index (χ4v) is 6.58. The minimum atomic E-state index is -3.52. The number of nitrogens with one attached hydrogen (secondary N) is 1. The SMILES string of the molecule is CCN(CC)c1ccc(C(=O)N[C@@H](CC(C)C)C(=O)N2CCC3C2C(=O)CN3C(=O)c2cccc(S(C)(=O)=O)c2)cc1. The number of Topliss-reactive ketones (excluding diaryl/α,β-unsaturated/α-hetero) is 1. The van der Waals surface area contributed by atoms with Gasteiger partial charge in [0.2, 0.25) is 5.91 Å². The van der Waals surface area contributed by atoms with E-state index in [0.717, 1.165) is 25.0 Å². The van der Waals surface area contributed by atoms with Crippen LogP contribution in [0.1, 0.15) is 61.3 Å². The Kier molecular flexibility index (Phi) is 9.40. The molecule has 2 aliphatic rings. The molecule has 2 aliphatic heterocycles. The normalized spacial score (nSPS) is 19.1. The van der Waals surface area contributed by atoms with Crippen LogP contribution in [0.4, 0.5) is 5.69 Å². The van der Waals surface area contributed by atoms with Gasteiger partial charge in [0.25, 0.3) is 11.8 Å². The molecular formula is C31H40N4O6S. The van der Waals surface area contributed by atoms with Crippen LogP contribution in [0.15, 0.2) is 53.4 Å². The number of anilines is 1. The lowest BCUT2D eigenvalue weighted by Crippen LogP contribution is -2.53. The van der Waals surface area contributed by atoms with Gasteiger partial charge in [0.05, 0.1) is 17.5 Å². The molecule has 42 heavy (non-hydrogen) atoms. The van der Waals surface area contributed by atoms with Gasteiger partial charge in [0.1, 0.15) is 12.1 Å². The molecule has 2 saturated heterocycles. The number of nitrogens with zero attached hydrogens (tertiary/aromatic N) is 3. The molecule has 0 bridgehead atoms. The standard InChI is InChI=1S/C31H40N4O6S/c1-6-33(7-2)23-13-11-21(12-14-23)29(37)32-25(17-20(3)4)31(39)34-16-15-26-28(34)27(36)19-35(26)30(38)22-9-8-10-24(18-22)42(5,40)41/h8-14,18,20,25-26,28H,6-7,15-17,19H2,1-5H3,(H,32,37)/t25-,26?,28?/m0/s1. The van der Waals surface area contributed by atoms with Crippen molar-refractivity contribution in [1.29, 1.82) is 0 Å². The number of benzene rings is 2. The van der Waals surface area contributed by atoms with Gasteiger partial charge in [-0.2, -0.15) is 0 Å². The van der Waals surface area contributed by atoms with Crippen LogP contribution in [-0.2, 0) is 19.4 Å². The van der Waals surface area contributed by atoms with Crippen LogP contribution in [0.25, 0.3) is 0 Å². The number of ketones is 1. The minimum absolute atomic E-state index is 0.0219. The molecule has 0 saturated carbocycles. The number of amides is 3. The summed E-state index contributed by atoms with van der Waals surface area (Å²) in [5.74, 6) is -1.31. The van der Waals surface area contributed by atoms with E-state index < -0.39 is 33.9 Å². The van der Waals surface area contributed by atoms with Crippen LogP contribution < -0.4 is 10.2 Å². The second-order valence-electron chi connectivity index (χ2n) is 11.4. The summed E-state index contributed by atoms with van der Waals surface area (Å²) in [7, 11) is -3.52. The van der Waals surface area contributed by atoms with Gasteiger partial charge in [-0.05, 0) is 75.1 Å². The maximum Gasteiger partial charge on any atom is 0.254 e. The van der Waals surface area contributed by atoms with Gasteiger partial charge < -0.3 is 20.0 Å². The van der Waals surface area contributed by atoms with Crippen molar-refractivity contribution in [1.82, 2.24) is 15.1 Å². The second kappa shape index (κ2) is 12.6. The number of sulfone groups is 1. The molecule has 2 aromatic carbocycles. The Morgan fingerprint density at radius 1 is 1.00 bits per heavy atom. The third kappa shape index (κ3) is 6.51. The molecule has 2 fully saturated rings. The third-order valence-electron chi connectivity index (χ3n) is 8.04. The van der Waals surface area contributed by atoms with Gasteiger partial charge in [-0.25, -0.2) is 8.42 Å². The highest BCUT2D eigenvalue weighted by molar-refractivity contribution is 7.90. The summed E-state index contributed by atoms with van der Waals surface area (Å²) < 4.78 is 24.0. The van der Waals surface area contributed by atoms with E-state index in [1.165, 1.54) is 34.1 Å². The van der Waals surface area contributed by atoms with Crippen LogP contribution in [-0.4, -0.2) is 92.3 Å². The van der Waals surface area contributed by atoms with E-state index in [4.69, 9.17) is 0 Å². The number of rotatable bonds is 10. The lowest BCUT2D eigenvalue weighted by molar-refractivity contribution is -0.138. The Morgan fingerprint density at radius 2 is 1.67 bits per heavy atom. The largest absolute Gasteiger partial charge is 0.372 e. The van der Waals surface area contributed by atoms with Crippen molar-refractivity contribution in [3.63, 3.8) is 0 Å².